The maximum atomic E-state index is 12.6. The highest BCUT2D eigenvalue weighted by Crippen LogP contribution is 2.44. The van der Waals surface area contributed by atoms with Crippen molar-refractivity contribution in [3.8, 4) is 11.1 Å². The van der Waals surface area contributed by atoms with Crippen LogP contribution in [0.1, 0.15) is 36.3 Å². The molecular formula is C24H26N2O6. The van der Waals surface area contributed by atoms with Crippen LogP contribution in [0, 0.1) is 5.92 Å². The minimum absolute atomic E-state index is 0.0373. The van der Waals surface area contributed by atoms with Gasteiger partial charge in [0.25, 0.3) is 5.91 Å². The molecule has 2 aliphatic carbocycles. The van der Waals surface area contributed by atoms with Gasteiger partial charge in [0.05, 0.1) is 5.92 Å². The van der Waals surface area contributed by atoms with Gasteiger partial charge in [0, 0.05) is 19.0 Å². The summed E-state index contributed by atoms with van der Waals surface area (Å²) in [5.41, 5.74) is 4.58. The highest BCUT2D eigenvalue weighted by molar-refractivity contribution is 5.81. The van der Waals surface area contributed by atoms with E-state index >= 15 is 0 Å². The highest BCUT2D eigenvalue weighted by atomic mass is 16.7. The fourth-order valence-electron chi connectivity index (χ4n) is 4.67. The van der Waals surface area contributed by atoms with Crippen LogP contribution >= 0.6 is 0 Å². The second kappa shape index (κ2) is 9.40. The molecule has 2 amide bonds. The standard InChI is InChI=1S/C24H26N2O6/c1-26(32-14-22(27)28)23(29)19-11-6-12-21(19)25-24(30)31-13-20-17-9-4-2-7-15(17)16-8-3-5-10-18(16)20/h2-5,7-10,19-21H,6,11-14H2,1H3,(H,25,30)(H,27,28)/t19-,21+/m1/s1. The van der Waals surface area contributed by atoms with Crippen LogP contribution in [-0.2, 0) is 19.2 Å². The molecule has 0 heterocycles. The van der Waals surface area contributed by atoms with Gasteiger partial charge in [-0.3, -0.25) is 9.63 Å². The van der Waals surface area contributed by atoms with Gasteiger partial charge in [-0.15, -0.1) is 0 Å². The van der Waals surface area contributed by atoms with E-state index in [9.17, 15) is 14.4 Å². The SMILES string of the molecule is CN(OCC(=O)O)C(=O)[C@@H]1CCC[C@@H]1NC(=O)OCC1c2ccccc2-c2ccccc21. The molecule has 2 atom stereocenters. The summed E-state index contributed by atoms with van der Waals surface area (Å²) in [6, 6.07) is 15.8. The van der Waals surface area contributed by atoms with E-state index in [4.69, 9.17) is 14.7 Å². The van der Waals surface area contributed by atoms with Crippen molar-refractivity contribution in [2.45, 2.75) is 31.2 Å². The molecule has 8 nitrogen and oxygen atoms in total. The van der Waals surface area contributed by atoms with E-state index in [1.54, 1.807) is 0 Å². The summed E-state index contributed by atoms with van der Waals surface area (Å²) < 4.78 is 5.59. The van der Waals surface area contributed by atoms with E-state index in [0.29, 0.717) is 12.8 Å². The molecule has 0 aromatic heterocycles. The Kier molecular flexibility index (Phi) is 6.41. The van der Waals surface area contributed by atoms with Crippen LogP contribution in [0.4, 0.5) is 4.79 Å². The van der Waals surface area contributed by atoms with Gasteiger partial charge in [-0.1, -0.05) is 55.0 Å². The van der Waals surface area contributed by atoms with Crippen LogP contribution in [0.15, 0.2) is 48.5 Å². The Morgan fingerprint density at radius 2 is 1.66 bits per heavy atom. The first-order chi connectivity index (χ1) is 15.5. The first kappa shape index (κ1) is 21.8. The Balaban J connectivity index is 1.36. The molecule has 2 N–H and O–H groups in total. The van der Waals surface area contributed by atoms with Gasteiger partial charge in [-0.05, 0) is 35.1 Å². The van der Waals surface area contributed by atoms with E-state index < -0.39 is 24.6 Å². The first-order valence-electron chi connectivity index (χ1n) is 10.7. The third-order valence-electron chi connectivity index (χ3n) is 6.17. The van der Waals surface area contributed by atoms with Gasteiger partial charge < -0.3 is 15.2 Å². The van der Waals surface area contributed by atoms with Crippen molar-refractivity contribution in [1.29, 1.82) is 0 Å². The van der Waals surface area contributed by atoms with Gasteiger partial charge >= 0.3 is 12.1 Å². The molecule has 0 saturated heterocycles. The number of carboxylic acid groups (broad SMARTS) is 1. The Labute approximate surface area is 186 Å². The topological polar surface area (TPSA) is 105 Å². The number of aliphatic carboxylic acids is 1. The molecule has 0 spiro atoms. The van der Waals surface area contributed by atoms with Crippen molar-refractivity contribution >= 4 is 18.0 Å². The van der Waals surface area contributed by atoms with Crippen molar-refractivity contribution in [2.24, 2.45) is 5.92 Å². The number of alkyl carbamates (subject to hydrolysis) is 1. The number of nitrogens with zero attached hydrogens (tertiary/aromatic N) is 1. The molecule has 0 unspecified atom stereocenters. The average Bonchev–Trinajstić information content (AvgIpc) is 3.38. The molecule has 32 heavy (non-hydrogen) atoms. The van der Waals surface area contributed by atoms with Gasteiger partial charge in [-0.2, -0.15) is 0 Å². The number of nitrogens with one attached hydrogen (secondary N) is 1. The molecular weight excluding hydrogens is 412 g/mol. The minimum Gasteiger partial charge on any atom is -0.479 e. The maximum absolute atomic E-state index is 12.6. The molecule has 0 radical (unpaired) electrons. The van der Waals surface area contributed by atoms with E-state index in [-0.39, 0.29) is 24.5 Å². The number of ether oxygens (including phenoxy) is 1. The molecule has 2 aliphatic rings. The molecule has 1 saturated carbocycles. The molecule has 1 fully saturated rings. The lowest BCUT2D eigenvalue weighted by molar-refractivity contribution is -0.189. The average molecular weight is 438 g/mol. The lowest BCUT2D eigenvalue weighted by atomic mass is 9.98. The van der Waals surface area contributed by atoms with Crippen LogP contribution in [0.2, 0.25) is 0 Å². The largest absolute Gasteiger partial charge is 0.479 e. The van der Waals surface area contributed by atoms with E-state index in [1.807, 2.05) is 24.3 Å². The molecule has 0 bridgehead atoms. The number of hydroxylamine groups is 2. The maximum Gasteiger partial charge on any atom is 0.407 e. The van der Waals surface area contributed by atoms with E-state index in [2.05, 4.69) is 29.6 Å². The van der Waals surface area contributed by atoms with Gasteiger partial charge in [0.15, 0.2) is 6.61 Å². The van der Waals surface area contributed by atoms with Gasteiger partial charge in [0.2, 0.25) is 0 Å². The monoisotopic (exact) mass is 438 g/mol. The molecule has 0 aliphatic heterocycles. The summed E-state index contributed by atoms with van der Waals surface area (Å²) in [5, 5.41) is 12.5. The second-order valence-electron chi connectivity index (χ2n) is 8.12. The number of fused-ring (bicyclic) bond motifs is 3. The van der Waals surface area contributed by atoms with Crippen molar-refractivity contribution < 1.29 is 29.1 Å². The van der Waals surface area contributed by atoms with Crippen molar-refractivity contribution in [1.82, 2.24) is 10.4 Å². The summed E-state index contributed by atoms with van der Waals surface area (Å²) >= 11 is 0. The Morgan fingerprint density at radius 1 is 1.03 bits per heavy atom. The number of benzene rings is 2. The lowest BCUT2D eigenvalue weighted by Crippen LogP contribution is -2.45. The number of carbonyl (C=O) groups excluding carboxylic acids is 2. The highest BCUT2D eigenvalue weighted by Gasteiger charge is 2.37. The quantitative estimate of drug-likeness (QED) is 0.644. The van der Waals surface area contributed by atoms with Crippen LogP contribution in [0.5, 0.6) is 0 Å². The van der Waals surface area contributed by atoms with Crippen LogP contribution in [0.3, 0.4) is 0 Å². The van der Waals surface area contributed by atoms with Gasteiger partial charge in [0.1, 0.15) is 6.61 Å². The summed E-state index contributed by atoms with van der Waals surface area (Å²) in [4.78, 5) is 40.8. The molecule has 8 heteroatoms. The molecule has 4 rings (SSSR count). The third kappa shape index (κ3) is 4.45. The Morgan fingerprint density at radius 3 is 2.28 bits per heavy atom. The number of carbonyl (C=O) groups is 3. The predicted octanol–water partition coefficient (Wildman–Crippen LogP) is 3.17. The van der Waals surface area contributed by atoms with E-state index in [0.717, 1.165) is 33.7 Å². The predicted molar refractivity (Wildman–Crippen MR) is 116 cm³/mol. The third-order valence-corrected chi connectivity index (χ3v) is 6.17. The fourth-order valence-corrected chi connectivity index (χ4v) is 4.67. The number of hydrogen-bond acceptors (Lipinski definition) is 5. The Bertz CT molecular complexity index is 978. The van der Waals surface area contributed by atoms with Crippen LogP contribution in [0.25, 0.3) is 11.1 Å². The minimum atomic E-state index is -1.16. The number of rotatable bonds is 7. The van der Waals surface area contributed by atoms with Crippen LogP contribution in [-0.4, -0.2) is 54.4 Å². The molecule has 2 aromatic carbocycles. The summed E-state index contributed by atoms with van der Waals surface area (Å²) in [6.45, 7) is -0.397. The van der Waals surface area contributed by atoms with Gasteiger partial charge in [-0.25, -0.2) is 14.7 Å². The van der Waals surface area contributed by atoms with Crippen LogP contribution < -0.4 is 5.32 Å². The Hall–Kier alpha value is -3.39. The van der Waals surface area contributed by atoms with Crippen molar-refractivity contribution in [2.75, 3.05) is 20.3 Å². The molecule has 2 aromatic rings. The van der Waals surface area contributed by atoms with E-state index in [1.165, 1.54) is 7.05 Å². The summed E-state index contributed by atoms with van der Waals surface area (Å²) in [6.07, 6.45) is 1.45. The van der Waals surface area contributed by atoms with Crippen molar-refractivity contribution in [3.05, 3.63) is 59.7 Å². The smallest absolute Gasteiger partial charge is 0.407 e. The summed E-state index contributed by atoms with van der Waals surface area (Å²) in [5.74, 6) is -2.03. The zero-order valence-electron chi connectivity index (χ0n) is 17.8. The first-order valence-corrected chi connectivity index (χ1v) is 10.7. The zero-order valence-corrected chi connectivity index (χ0v) is 17.8. The normalized spacial score (nSPS) is 19.2. The molecule has 168 valence electrons. The number of hydrogen-bond donors (Lipinski definition) is 2. The summed E-state index contributed by atoms with van der Waals surface area (Å²) in [7, 11) is 1.38. The number of carboxylic acids is 1. The lowest BCUT2D eigenvalue weighted by Gasteiger charge is -2.24. The number of amides is 2. The van der Waals surface area contributed by atoms with Crippen molar-refractivity contribution in [3.63, 3.8) is 0 Å². The second-order valence-corrected chi connectivity index (χ2v) is 8.12. The zero-order chi connectivity index (χ0) is 22.7. The fraction of sp³-hybridized carbons (Fsp3) is 0.375.